The van der Waals surface area contributed by atoms with Crippen LogP contribution < -0.4 is 15.4 Å². The Morgan fingerprint density at radius 2 is 1.87 bits per heavy atom. The van der Waals surface area contributed by atoms with Gasteiger partial charge in [-0.3, -0.25) is 9.52 Å². The highest BCUT2D eigenvalue weighted by Gasteiger charge is 2.15. The molecule has 0 fully saturated rings. The Labute approximate surface area is 193 Å². The molecule has 1 aromatic heterocycles. The number of aromatic nitrogens is 1. The van der Waals surface area contributed by atoms with E-state index < -0.39 is 0 Å². The van der Waals surface area contributed by atoms with Crippen LogP contribution in [0.3, 0.4) is 0 Å². The minimum atomic E-state index is -0.0255. The van der Waals surface area contributed by atoms with Gasteiger partial charge in [-0.15, -0.1) is 11.3 Å². The van der Waals surface area contributed by atoms with Crippen LogP contribution in [0.25, 0.3) is 21.0 Å². The average molecular weight is 455 g/mol. The number of nitrogens with zero attached hydrogens (tertiary/aromatic N) is 1. The summed E-state index contributed by atoms with van der Waals surface area (Å²) in [4.78, 5) is 18.6. The lowest BCUT2D eigenvalue weighted by Crippen LogP contribution is -2.29. The fourth-order valence-corrected chi connectivity index (χ4v) is 4.75. The molecule has 0 saturated heterocycles. The van der Waals surface area contributed by atoms with Gasteiger partial charge >= 0.3 is 0 Å². The first-order valence-corrected chi connectivity index (χ1v) is 12.0. The van der Waals surface area contributed by atoms with Crippen LogP contribution >= 0.6 is 23.3 Å². The first-order chi connectivity index (χ1) is 14.8. The zero-order valence-corrected chi connectivity index (χ0v) is 20.3. The van der Waals surface area contributed by atoms with Gasteiger partial charge in [0, 0.05) is 53.5 Å². The van der Waals surface area contributed by atoms with E-state index in [1.807, 2.05) is 20.2 Å². The van der Waals surface area contributed by atoms with Gasteiger partial charge in [0.15, 0.2) is 0 Å². The number of hydrogen-bond donors (Lipinski definition) is 3. The molecule has 31 heavy (non-hydrogen) atoms. The summed E-state index contributed by atoms with van der Waals surface area (Å²) in [6.07, 6.45) is 2.44. The summed E-state index contributed by atoms with van der Waals surface area (Å²) in [7, 11) is 1.92. The van der Waals surface area contributed by atoms with Gasteiger partial charge in [0.2, 0.25) is 5.91 Å². The number of anilines is 1. The number of carbonyl (C=O) groups excluding carboxylic acids is 1. The molecule has 0 aliphatic rings. The predicted molar refractivity (Wildman–Crippen MR) is 133 cm³/mol. The highest BCUT2D eigenvalue weighted by molar-refractivity contribution is 7.97. The number of carbonyl (C=O) groups is 1. The summed E-state index contributed by atoms with van der Waals surface area (Å²) < 4.78 is 3.51. The molecule has 3 rings (SSSR count). The largest absolute Gasteiger partial charge is 0.388 e. The summed E-state index contributed by atoms with van der Waals surface area (Å²) in [6.45, 7) is 8.82. The summed E-state index contributed by atoms with van der Waals surface area (Å²) in [6, 6.07) is 14.6. The van der Waals surface area contributed by atoms with Crippen LogP contribution in [0.15, 0.2) is 53.6 Å². The molecule has 0 spiro atoms. The van der Waals surface area contributed by atoms with Crippen LogP contribution in [-0.4, -0.2) is 23.5 Å². The van der Waals surface area contributed by atoms with Crippen molar-refractivity contribution in [3.05, 3.63) is 54.2 Å². The molecule has 164 valence electrons. The van der Waals surface area contributed by atoms with E-state index in [0.717, 1.165) is 37.2 Å². The first-order valence-electron chi connectivity index (χ1n) is 10.4. The first kappa shape index (κ1) is 23.3. The van der Waals surface area contributed by atoms with Gasteiger partial charge in [0.25, 0.3) is 0 Å². The molecule has 0 saturated carbocycles. The lowest BCUT2D eigenvalue weighted by atomic mass is 10.1. The molecule has 0 atom stereocenters. The van der Waals surface area contributed by atoms with Crippen LogP contribution in [0, 0.1) is 0 Å². The van der Waals surface area contributed by atoms with Crippen molar-refractivity contribution in [3.8, 4) is 21.0 Å². The molecule has 0 unspecified atom stereocenters. The maximum Gasteiger partial charge on any atom is 0.219 e. The van der Waals surface area contributed by atoms with Crippen molar-refractivity contribution in [2.24, 2.45) is 0 Å². The maximum atomic E-state index is 11.7. The molecule has 2 aromatic carbocycles. The van der Waals surface area contributed by atoms with Gasteiger partial charge in [-0.1, -0.05) is 19.1 Å². The van der Waals surface area contributed by atoms with Crippen molar-refractivity contribution in [2.75, 3.05) is 12.4 Å². The van der Waals surface area contributed by atoms with Crippen molar-refractivity contribution >= 4 is 34.9 Å². The SMILES string of the molecule is CCC(=O)NCc1ccc(-c2cnc(-c3ccc(NC)cc3)s2)c(SNC(C)(C)C)c1. The second kappa shape index (κ2) is 10.3. The summed E-state index contributed by atoms with van der Waals surface area (Å²) >= 11 is 3.31. The van der Waals surface area contributed by atoms with Crippen molar-refractivity contribution in [3.63, 3.8) is 0 Å². The molecule has 3 aromatic rings. The summed E-state index contributed by atoms with van der Waals surface area (Å²) in [5.74, 6) is 0.0579. The Bertz CT molecular complexity index is 1020. The van der Waals surface area contributed by atoms with E-state index in [2.05, 4.69) is 83.6 Å². The summed E-state index contributed by atoms with van der Waals surface area (Å²) in [5, 5.41) is 7.10. The van der Waals surface area contributed by atoms with Gasteiger partial charge in [-0.05, 0) is 68.6 Å². The highest BCUT2D eigenvalue weighted by atomic mass is 32.2. The van der Waals surface area contributed by atoms with Crippen LogP contribution in [0.4, 0.5) is 5.69 Å². The molecule has 0 bridgehead atoms. The predicted octanol–water partition coefficient (Wildman–Crippen LogP) is 5.94. The number of rotatable bonds is 8. The molecular formula is C24H30N4OS2. The topological polar surface area (TPSA) is 66.0 Å². The number of benzene rings is 2. The van der Waals surface area contributed by atoms with Gasteiger partial charge in [-0.25, -0.2) is 4.98 Å². The van der Waals surface area contributed by atoms with Gasteiger partial charge < -0.3 is 10.6 Å². The molecule has 0 aliphatic carbocycles. The number of thiazole rings is 1. The van der Waals surface area contributed by atoms with Crippen molar-refractivity contribution in [1.29, 1.82) is 0 Å². The Balaban J connectivity index is 1.89. The van der Waals surface area contributed by atoms with Crippen molar-refractivity contribution in [1.82, 2.24) is 15.0 Å². The molecule has 3 N–H and O–H groups in total. The number of hydrogen-bond acceptors (Lipinski definition) is 6. The van der Waals surface area contributed by atoms with Crippen LogP contribution in [0.1, 0.15) is 39.7 Å². The standard InChI is InChI=1S/C24H30N4OS2/c1-6-22(29)26-14-16-7-12-19(20(13-16)31-28-24(2,3)4)21-15-27-23(30-21)17-8-10-18(25-5)11-9-17/h7-13,15,25,28H,6,14H2,1-5H3,(H,26,29). The van der Waals surface area contributed by atoms with Crippen molar-refractivity contribution in [2.45, 2.75) is 51.1 Å². The Morgan fingerprint density at radius 1 is 1.13 bits per heavy atom. The monoisotopic (exact) mass is 454 g/mol. The fraction of sp³-hybridized carbons (Fsp3) is 0.333. The van der Waals surface area contributed by atoms with Gasteiger partial charge in [-0.2, -0.15) is 0 Å². The molecule has 1 heterocycles. The van der Waals surface area contributed by atoms with E-state index in [1.54, 1.807) is 23.3 Å². The average Bonchev–Trinajstić information content (AvgIpc) is 3.25. The third-order valence-corrected chi connectivity index (χ3v) is 6.87. The van der Waals surface area contributed by atoms with Crippen LogP contribution in [0.2, 0.25) is 0 Å². The van der Waals surface area contributed by atoms with E-state index >= 15 is 0 Å². The second-order valence-electron chi connectivity index (χ2n) is 8.27. The van der Waals surface area contributed by atoms with E-state index in [9.17, 15) is 4.79 Å². The van der Waals surface area contributed by atoms with Gasteiger partial charge in [0.1, 0.15) is 5.01 Å². The molecule has 0 radical (unpaired) electrons. The third kappa shape index (κ3) is 6.56. The smallest absolute Gasteiger partial charge is 0.219 e. The lowest BCUT2D eigenvalue weighted by molar-refractivity contribution is -0.120. The Kier molecular flexibility index (Phi) is 7.75. The van der Waals surface area contributed by atoms with E-state index in [0.29, 0.717) is 13.0 Å². The van der Waals surface area contributed by atoms with E-state index in [4.69, 9.17) is 0 Å². The van der Waals surface area contributed by atoms with Crippen LogP contribution in [0.5, 0.6) is 0 Å². The van der Waals surface area contributed by atoms with Crippen molar-refractivity contribution < 1.29 is 4.79 Å². The number of amides is 1. The molecule has 7 heteroatoms. The lowest BCUT2D eigenvalue weighted by Gasteiger charge is -2.21. The molecular weight excluding hydrogens is 424 g/mol. The molecule has 5 nitrogen and oxygen atoms in total. The van der Waals surface area contributed by atoms with E-state index in [1.165, 1.54) is 0 Å². The minimum Gasteiger partial charge on any atom is -0.388 e. The van der Waals surface area contributed by atoms with Crippen LogP contribution in [-0.2, 0) is 11.3 Å². The maximum absolute atomic E-state index is 11.7. The molecule has 1 amide bonds. The molecule has 0 aliphatic heterocycles. The quantitative estimate of drug-likeness (QED) is 0.368. The summed E-state index contributed by atoms with van der Waals surface area (Å²) in [5.41, 5.74) is 4.39. The Morgan fingerprint density at radius 3 is 2.52 bits per heavy atom. The van der Waals surface area contributed by atoms with E-state index in [-0.39, 0.29) is 11.4 Å². The zero-order chi connectivity index (χ0) is 22.4. The normalized spacial score (nSPS) is 11.4. The zero-order valence-electron chi connectivity index (χ0n) is 18.7. The third-order valence-electron chi connectivity index (χ3n) is 4.52. The Hall–Kier alpha value is -2.35. The fourth-order valence-electron chi connectivity index (χ4n) is 2.81. The minimum absolute atomic E-state index is 0.0255. The second-order valence-corrected chi connectivity index (χ2v) is 10.2. The van der Waals surface area contributed by atoms with Gasteiger partial charge in [0.05, 0.1) is 4.88 Å². The number of nitrogens with one attached hydrogen (secondary N) is 3. The highest BCUT2D eigenvalue weighted by Crippen LogP contribution is 2.38.